The smallest absolute Gasteiger partial charge is 0.134 e. The normalized spacial score (nSPS) is 17.5. The summed E-state index contributed by atoms with van der Waals surface area (Å²) < 4.78 is 7.97. The van der Waals surface area contributed by atoms with Crippen LogP contribution >= 0.6 is 0 Å². The molecule has 2 aliphatic heterocycles. The van der Waals surface area contributed by atoms with Crippen molar-refractivity contribution >= 4 is 0 Å². The summed E-state index contributed by atoms with van der Waals surface area (Å²) in [6.07, 6.45) is 7.94. The maximum Gasteiger partial charge on any atom is 0.134 e. The molecule has 0 unspecified atom stereocenters. The number of rotatable bonds is 6. The van der Waals surface area contributed by atoms with Crippen molar-refractivity contribution in [3.05, 3.63) is 41.0 Å². The summed E-state index contributed by atoms with van der Waals surface area (Å²) >= 11 is 0. The summed E-state index contributed by atoms with van der Waals surface area (Å²) in [5, 5.41) is 12.6. The number of hydrogen-bond donors (Lipinski definition) is 1. The Morgan fingerprint density at radius 2 is 2.16 bits per heavy atom. The average molecular weight is 340 g/mol. The molecule has 3 heterocycles. The van der Waals surface area contributed by atoms with E-state index < -0.39 is 0 Å². The standard InChI is InChI=1S/C20H28N4O/c1-2-17(15-7-8-18-16(14-15)10-13-25-18)21-11-9-20-23-22-19-6-4-3-5-12-24(19)20/h7-8,14,17,21H,2-6,9-13H2,1H3/t17-/m0/s1. The molecule has 0 bridgehead atoms. The van der Waals surface area contributed by atoms with Crippen molar-refractivity contribution in [2.24, 2.45) is 0 Å². The van der Waals surface area contributed by atoms with E-state index in [0.717, 1.165) is 57.0 Å². The molecule has 2 aromatic rings. The third kappa shape index (κ3) is 3.56. The van der Waals surface area contributed by atoms with Gasteiger partial charge in [0.2, 0.25) is 0 Å². The third-order valence-electron chi connectivity index (χ3n) is 5.45. The number of hydrogen-bond acceptors (Lipinski definition) is 4. The topological polar surface area (TPSA) is 52.0 Å². The number of benzene rings is 1. The van der Waals surface area contributed by atoms with Crippen molar-refractivity contribution in [1.82, 2.24) is 20.1 Å². The second-order valence-corrected chi connectivity index (χ2v) is 7.13. The molecular formula is C20H28N4O. The van der Waals surface area contributed by atoms with Crippen molar-refractivity contribution in [2.75, 3.05) is 13.2 Å². The largest absolute Gasteiger partial charge is 0.493 e. The molecule has 0 spiro atoms. The fourth-order valence-corrected chi connectivity index (χ4v) is 4.01. The number of aromatic nitrogens is 3. The Hall–Kier alpha value is -1.88. The highest BCUT2D eigenvalue weighted by molar-refractivity contribution is 5.40. The van der Waals surface area contributed by atoms with E-state index in [-0.39, 0.29) is 0 Å². The van der Waals surface area contributed by atoms with E-state index in [1.165, 1.54) is 36.2 Å². The first-order chi connectivity index (χ1) is 12.3. The van der Waals surface area contributed by atoms with Crippen LogP contribution in [0.2, 0.25) is 0 Å². The second kappa shape index (κ2) is 7.56. The van der Waals surface area contributed by atoms with E-state index in [1.54, 1.807) is 0 Å². The molecule has 0 saturated carbocycles. The van der Waals surface area contributed by atoms with E-state index in [4.69, 9.17) is 4.74 Å². The molecule has 0 amide bonds. The van der Waals surface area contributed by atoms with Crippen molar-refractivity contribution in [3.8, 4) is 5.75 Å². The van der Waals surface area contributed by atoms with Gasteiger partial charge in [-0.25, -0.2) is 0 Å². The lowest BCUT2D eigenvalue weighted by Crippen LogP contribution is -2.24. The van der Waals surface area contributed by atoms with Crippen LogP contribution in [-0.2, 0) is 25.8 Å². The predicted molar refractivity (Wildman–Crippen MR) is 98.0 cm³/mol. The van der Waals surface area contributed by atoms with Crippen molar-refractivity contribution in [2.45, 2.75) is 64.5 Å². The molecule has 5 nitrogen and oxygen atoms in total. The lowest BCUT2D eigenvalue weighted by molar-refractivity contribution is 0.356. The first kappa shape index (κ1) is 16.6. The summed E-state index contributed by atoms with van der Waals surface area (Å²) in [6, 6.07) is 7.03. The van der Waals surface area contributed by atoms with Gasteiger partial charge in [-0.3, -0.25) is 0 Å². The Kier molecular flexibility index (Phi) is 5.02. The Bertz CT molecular complexity index is 724. The van der Waals surface area contributed by atoms with Gasteiger partial charge >= 0.3 is 0 Å². The molecule has 1 aromatic heterocycles. The maximum absolute atomic E-state index is 5.62. The van der Waals surface area contributed by atoms with Crippen LogP contribution in [0.15, 0.2) is 18.2 Å². The Morgan fingerprint density at radius 3 is 3.08 bits per heavy atom. The Morgan fingerprint density at radius 1 is 1.20 bits per heavy atom. The second-order valence-electron chi connectivity index (χ2n) is 7.13. The van der Waals surface area contributed by atoms with Crippen molar-refractivity contribution in [1.29, 1.82) is 0 Å². The van der Waals surface area contributed by atoms with Gasteiger partial charge in [0.15, 0.2) is 0 Å². The summed E-state index contributed by atoms with van der Waals surface area (Å²) in [7, 11) is 0. The van der Waals surface area contributed by atoms with Gasteiger partial charge in [-0.2, -0.15) is 0 Å². The molecule has 1 aromatic carbocycles. The molecule has 1 atom stereocenters. The van der Waals surface area contributed by atoms with Gasteiger partial charge < -0.3 is 14.6 Å². The fourth-order valence-electron chi connectivity index (χ4n) is 4.01. The molecule has 0 aliphatic carbocycles. The highest BCUT2D eigenvalue weighted by Gasteiger charge is 2.17. The quantitative estimate of drug-likeness (QED) is 0.877. The van der Waals surface area contributed by atoms with Crippen LogP contribution in [0, 0.1) is 0 Å². The van der Waals surface area contributed by atoms with Gasteiger partial charge in [-0.1, -0.05) is 25.5 Å². The van der Waals surface area contributed by atoms with Crippen LogP contribution in [0.3, 0.4) is 0 Å². The van der Waals surface area contributed by atoms with Crippen LogP contribution in [-0.4, -0.2) is 27.9 Å². The number of fused-ring (bicyclic) bond motifs is 2. The van der Waals surface area contributed by atoms with Crippen LogP contribution in [0.1, 0.15) is 61.4 Å². The van der Waals surface area contributed by atoms with E-state index in [1.807, 2.05) is 0 Å². The number of ether oxygens (including phenoxy) is 1. The summed E-state index contributed by atoms with van der Waals surface area (Å²) in [6.45, 7) is 5.08. The number of aryl methyl sites for hydroxylation is 1. The molecule has 1 N–H and O–H groups in total. The van der Waals surface area contributed by atoms with Crippen LogP contribution in [0.25, 0.3) is 0 Å². The zero-order valence-electron chi connectivity index (χ0n) is 15.1. The highest BCUT2D eigenvalue weighted by atomic mass is 16.5. The first-order valence-electron chi connectivity index (χ1n) is 9.75. The molecule has 2 aliphatic rings. The number of nitrogens with one attached hydrogen (secondary N) is 1. The van der Waals surface area contributed by atoms with E-state index in [0.29, 0.717) is 6.04 Å². The minimum atomic E-state index is 0.387. The SMILES string of the molecule is CC[C@H](NCCc1nnc2n1CCCCC2)c1ccc2c(c1)CCO2. The molecule has 0 fully saturated rings. The Balaban J connectivity index is 1.38. The molecule has 134 valence electrons. The minimum absolute atomic E-state index is 0.387. The number of nitrogens with zero attached hydrogens (tertiary/aromatic N) is 3. The molecule has 0 radical (unpaired) electrons. The molecule has 4 rings (SSSR count). The van der Waals surface area contributed by atoms with Crippen molar-refractivity contribution < 1.29 is 4.74 Å². The molecule has 0 saturated heterocycles. The molecule has 5 heteroatoms. The first-order valence-corrected chi connectivity index (χ1v) is 9.75. The zero-order valence-corrected chi connectivity index (χ0v) is 15.1. The minimum Gasteiger partial charge on any atom is -0.493 e. The zero-order chi connectivity index (χ0) is 17.1. The lowest BCUT2D eigenvalue weighted by Gasteiger charge is -2.18. The lowest BCUT2D eigenvalue weighted by atomic mass is 10.0. The Labute approximate surface area is 149 Å². The predicted octanol–water partition coefficient (Wildman–Crippen LogP) is 3.22. The van der Waals surface area contributed by atoms with E-state index in [2.05, 4.69) is 45.2 Å². The van der Waals surface area contributed by atoms with Gasteiger partial charge in [0, 0.05) is 38.4 Å². The molecular weight excluding hydrogens is 312 g/mol. The van der Waals surface area contributed by atoms with Gasteiger partial charge in [0.1, 0.15) is 17.4 Å². The van der Waals surface area contributed by atoms with Crippen LogP contribution in [0.4, 0.5) is 0 Å². The van der Waals surface area contributed by atoms with E-state index >= 15 is 0 Å². The van der Waals surface area contributed by atoms with Crippen molar-refractivity contribution in [3.63, 3.8) is 0 Å². The van der Waals surface area contributed by atoms with Gasteiger partial charge in [-0.05, 0) is 36.5 Å². The van der Waals surface area contributed by atoms with Crippen LogP contribution < -0.4 is 10.1 Å². The summed E-state index contributed by atoms with van der Waals surface area (Å²) in [4.78, 5) is 0. The van der Waals surface area contributed by atoms with Crippen LogP contribution in [0.5, 0.6) is 5.75 Å². The van der Waals surface area contributed by atoms with Gasteiger partial charge in [-0.15, -0.1) is 10.2 Å². The van der Waals surface area contributed by atoms with Gasteiger partial charge in [0.25, 0.3) is 0 Å². The monoisotopic (exact) mass is 340 g/mol. The van der Waals surface area contributed by atoms with Gasteiger partial charge in [0.05, 0.1) is 6.61 Å². The maximum atomic E-state index is 5.62. The average Bonchev–Trinajstić information content (AvgIpc) is 3.18. The highest BCUT2D eigenvalue weighted by Crippen LogP contribution is 2.29. The summed E-state index contributed by atoms with van der Waals surface area (Å²) in [5.74, 6) is 3.38. The third-order valence-corrected chi connectivity index (χ3v) is 5.45. The van der Waals surface area contributed by atoms with E-state index in [9.17, 15) is 0 Å². The summed E-state index contributed by atoms with van der Waals surface area (Å²) in [5.41, 5.74) is 2.72. The fraction of sp³-hybridized carbons (Fsp3) is 0.600. The molecule has 25 heavy (non-hydrogen) atoms.